The first-order chi connectivity index (χ1) is 11.9. The van der Waals surface area contributed by atoms with Gasteiger partial charge < -0.3 is 9.30 Å². The topological polar surface area (TPSA) is 27.1 Å². The second-order valence-corrected chi connectivity index (χ2v) is 5.64. The maximum atomic E-state index is 5.97. The van der Waals surface area contributed by atoms with Crippen molar-refractivity contribution in [3.05, 3.63) is 84.4 Å². The standard InChI is InChI=1S/C21H22N2O.ClH/c1-2-8-19(9-3-1)12-13-20-10-4-5-11-21(20)24-17-7-6-15-23-16-14-22-18-23;/h1-5,8-14,16,18H,6-7,15,17H2;1H. The lowest BCUT2D eigenvalue weighted by Crippen LogP contribution is -2.01. The van der Waals surface area contributed by atoms with E-state index in [0.29, 0.717) is 0 Å². The zero-order valence-corrected chi connectivity index (χ0v) is 14.9. The molecule has 0 unspecified atom stereocenters. The Morgan fingerprint density at radius 1 is 0.920 bits per heavy atom. The Bertz CT molecular complexity index is 755. The highest BCUT2D eigenvalue weighted by Gasteiger charge is 2.00. The lowest BCUT2D eigenvalue weighted by Gasteiger charge is -2.09. The Labute approximate surface area is 155 Å². The average Bonchev–Trinajstić information content (AvgIpc) is 3.15. The first-order valence-electron chi connectivity index (χ1n) is 8.32. The molecule has 0 fully saturated rings. The summed E-state index contributed by atoms with van der Waals surface area (Å²) in [5.41, 5.74) is 2.29. The number of halogens is 1. The minimum absolute atomic E-state index is 0. The maximum Gasteiger partial charge on any atom is 0.126 e. The monoisotopic (exact) mass is 354 g/mol. The zero-order valence-electron chi connectivity index (χ0n) is 14.1. The first kappa shape index (κ1) is 18.8. The van der Waals surface area contributed by atoms with Gasteiger partial charge in [-0.25, -0.2) is 4.98 Å². The molecule has 0 saturated carbocycles. The molecule has 4 heteroatoms. The van der Waals surface area contributed by atoms with E-state index in [1.54, 1.807) is 0 Å². The van der Waals surface area contributed by atoms with E-state index in [0.717, 1.165) is 37.3 Å². The number of benzene rings is 2. The van der Waals surface area contributed by atoms with Crippen LogP contribution in [0.1, 0.15) is 24.0 Å². The number of nitrogens with zero attached hydrogens (tertiary/aromatic N) is 2. The van der Waals surface area contributed by atoms with Gasteiger partial charge in [-0.2, -0.15) is 0 Å². The van der Waals surface area contributed by atoms with Gasteiger partial charge in [0.2, 0.25) is 0 Å². The Balaban J connectivity index is 0.00000225. The van der Waals surface area contributed by atoms with Crippen LogP contribution in [0, 0.1) is 0 Å². The molecule has 3 aromatic rings. The van der Waals surface area contributed by atoms with E-state index in [1.807, 2.05) is 55.1 Å². The number of hydrogen-bond donors (Lipinski definition) is 0. The van der Waals surface area contributed by atoms with Gasteiger partial charge in [-0.3, -0.25) is 0 Å². The van der Waals surface area contributed by atoms with Gasteiger partial charge >= 0.3 is 0 Å². The molecule has 0 saturated heterocycles. The lowest BCUT2D eigenvalue weighted by atomic mass is 10.1. The SMILES string of the molecule is C(=Cc1ccccc1OCCCCn1ccnc1)c1ccccc1.Cl. The van der Waals surface area contributed by atoms with Crippen LogP contribution in [0.3, 0.4) is 0 Å². The van der Waals surface area contributed by atoms with Crippen LogP contribution in [0.15, 0.2) is 73.3 Å². The van der Waals surface area contributed by atoms with E-state index in [2.05, 4.69) is 39.9 Å². The fourth-order valence-electron chi connectivity index (χ4n) is 2.50. The van der Waals surface area contributed by atoms with Crippen molar-refractivity contribution in [2.75, 3.05) is 6.61 Å². The van der Waals surface area contributed by atoms with E-state index in [9.17, 15) is 0 Å². The van der Waals surface area contributed by atoms with Gasteiger partial charge in [0.05, 0.1) is 12.9 Å². The van der Waals surface area contributed by atoms with Crippen LogP contribution in [-0.2, 0) is 6.54 Å². The molecule has 0 aliphatic carbocycles. The van der Waals surface area contributed by atoms with Gasteiger partial charge in [0, 0.05) is 24.5 Å². The van der Waals surface area contributed by atoms with Crippen molar-refractivity contribution in [2.45, 2.75) is 19.4 Å². The molecule has 2 aromatic carbocycles. The molecule has 0 N–H and O–H groups in total. The van der Waals surface area contributed by atoms with Gasteiger partial charge in [0.1, 0.15) is 5.75 Å². The zero-order chi connectivity index (χ0) is 16.5. The highest BCUT2D eigenvalue weighted by Crippen LogP contribution is 2.21. The Morgan fingerprint density at radius 3 is 2.52 bits per heavy atom. The van der Waals surface area contributed by atoms with Crippen LogP contribution in [0.5, 0.6) is 5.75 Å². The summed E-state index contributed by atoms with van der Waals surface area (Å²) in [6.07, 6.45) is 12.0. The Kier molecular flexibility index (Phi) is 7.80. The molecule has 0 aliphatic rings. The first-order valence-corrected chi connectivity index (χ1v) is 8.32. The van der Waals surface area contributed by atoms with Gasteiger partial charge in [-0.15, -0.1) is 12.4 Å². The van der Waals surface area contributed by atoms with E-state index in [4.69, 9.17) is 4.74 Å². The number of unbranched alkanes of at least 4 members (excludes halogenated alkanes) is 1. The molecular formula is C21H23ClN2O. The predicted octanol–water partition coefficient (Wildman–Crippen LogP) is 5.33. The highest BCUT2D eigenvalue weighted by atomic mass is 35.5. The molecule has 1 aromatic heterocycles. The molecule has 0 atom stereocenters. The second kappa shape index (κ2) is 10.4. The van der Waals surface area contributed by atoms with Gasteiger partial charge in [0.15, 0.2) is 0 Å². The molecule has 0 bridgehead atoms. The molecule has 0 spiro atoms. The van der Waals surface area contributed by atoms with Gasteiger partial charge in [0.25, 0.3) is 0 Å². The van der Waals surface area contributed by atoms with Crippen LogP contribution in [0.2, 0.25) is 0 Å². The van der Waals surface area contributed by atoms with E-state index < -0.39 is 0 Å². The summed E-state index contributed by atoms with van der Waals surface area (Å²) in [6.45, 7) is 1.71. The van der Waals surface area contributed by atoms with Crippen LogP contribution in [-0.4, -0.2) is 16.2 Å². The summed E-state index contributed by atoms with van der Waals surface area (Å²) in [7, 11) is 0. The largest absolute Gasteiger partial charge is 0.493 e. The molecular weight excluding hydrogens is 332 g/mol. The van der Waals surface area contributed by atoms with Crippen molar-refractivity contribution in [3.8, 4) is 5.75 Å². The maximum absolute atomic E-state index is 5.97. The van der Waals surface area contributed by atoms with Crippen LogP contribution < -0.4 is 4.74 Å². The van der Waals surface area contributed by atoms with Crippen molar-refractivity contribution in [1.82, 2.24) is 9.55 Å². The number of rotatable bonds is 8. The minimum Gasteiger partial charge on any atom is -0.493 e. The minimum atomic E-state index is 0. The summed E-state index contributed by atoms with van der Waals surface area (Å²) in [5.74, 6) is 0.937. The predicted molar refractivity (Wildman–Crippen MR) is 106 cm³/mol. The van der Waals surface area contributed by atoms with Crippen LogP contribution in [0.25, 0.3) is 12.2 Å². The number of ether oxygens (including phenoxy) is 1. The van der Waals surface area contributed by atoms with E-state index in [-0.39, 0.29) is 12.4 Å². The summed E-state index contributed by atoms with van der Waals surface area (Å²) >= 11 is 0. The van der Waals surface area contributed by atoms with Crippen LogP contribution >= 0.6 is 12.4 Å². The fraction of sp³-hybridized carbons (Fsp3) is 0.190. The summed E-state index contributed by atoms with van der Waals surface area (Å²) in [4.78, 5) is 4.05. The Hall–Kier alpha value is -2.52. The molecule has 1 heterocycles. The molecule has 3 nitrogen and oxygen atoms in total. The number of aryl methyl sites for hydroxylation is 1. The number of hydrogen-bond acceptors (Lipinski definition) is 2. The number of para-hydroxylation sites is 1. The van der Waals surface area contributed by atoms with Crippen molar-refractivity contribution in [2.24, 2.45) is 0 Å². The third-order valence-corrected chi connectivity index (χ3v) is 3.80. The molecule has 0 amide bonds. The summed E-state index contributed by atoms with van der Waals surface area (Å²) in [5, 5.41) is 0. The molecule has 130 valence electrons. The average molecular weight is 355 g/mol. The van der Waals surface area contributed by atoms with Gasteiger partial charge in [-0.1, -0.05) is 60.7 Å². The van der Waals surface area contributed by atoms with Crippen molar-refractivity contribution >= 4 is 24.6 Å². The van der Waals surface area contributed by atoms with Crippen molar-refractivity contribution in [1.29, 1.82) is 0 Å². The molecule has 0 radical (unpaired) electrons. The van der Waals surface area contributed by atoms with Gasteiger partial charge in [-0.05, 0) is 24.5 Å². The smallest absolute Gasteiger partial charge is 0.126 e. The third kappa shape index (κ3) is 6.12. The van der Waals surface area contributed by atoms with Crippen molar-refractivity contribution < 1.29 is 4.74 Å². The summed E-state index contributed by atoms with van der Waals surface area (Å²) in [6, 6.07) is 18.5. The normalized spacial score (nSPS) is 10.6. The molecule has 3 rings (SSSR count). The third-order valence-electron chi connectivity index (χ3n) is 3.80. The van der Waals surface area contributed by atoms with E-state index in [1.165, 1.54) is 5.56 Å². The molecule has 0 aliphatic heterocycles. The lowest BCUT2D eigenvalue weighted by molar-refractivity contribution is 0.302. The Morgan fingerprint density at radius 2 is 1.72 bits per heavy atom. The van der Waals surface area contributed by atoms with E-state index >= 15 is 0 Å². The second-order valence-electron chi connectivity index (χ2n) is 5.64. The number of aromatic nitrogens is 2. The van der Waals surface area contributed by atoms with Crippen molar-refractivity contribution in [3.63, 3.8) is 0 Å². The highest BCUT2D eigenvalue weighted by molar-refractivity contribution is 5.85. The molecule has 25 heavy (non-hydrogen) atoms. The summed E-state index contributed by atoms with van der Waals surface area (Å²) < 4.78 is 8.06. The number of imidazole rings is 1. The fourth-order valence-corrected chi connectivity index (χ4v) is 2.50. The van der Waals surface area contributed by atoms with Crippen LogP contribution in [0.4, 0.5) is 0 Å². The quantitative estimate of drug-likeness (QED) is 0.403.